The molecule has 1 atom stereocenters. The van der Waals surface area contributed by atoms with Crippen molar-refractivity contribution in [1.82, 2.24) is 0 Å². The summed E-state index contributed by atoms with van der Waals surface area (Å²) < 4.78 is 0. The molecular weight excluding hydrogens is 458 g/mol. The Hall–Kier alpha value is -3.29. The lowest BCUT2D eigenvalue weighted by Gasteiger charge is -2.33. The quantitative estimate of drug-likeness (QED) is 0.597. The van der Waals surface area contributed by atoms with E-state index in [0.717, 1.165) is 5.56 Å². The van der Waals surface area contributed by atoms with Crippen molar-refractivity contribution in [2.75, 3.05) is 27.4 Å². The van der Waals surface area contributed by atoms with Crippen LogP contribution in [0.3, 0.4) is 0 Å². The third-order valence-corrected chi connectivity index (χ3v) is 7.42. The molecule has 8 heteroatoms. The third kappa shape index (κ3) is 3.57. The van der Waals surface area contributed by atoms with Crippen molar-refractivity contribution >= 4 is 58.1 Å². The SMILES string of the molecule is Cc1ccc(N2C(=O)CSC23C(=O)N(CC(=O)Nc2ccc(Cl)cc2)c2ccccc23)cc1. The van der Waals surface area contributed by atoms with Gasteiger partial charge in [0.1, 0.15) is 6.54 Å². The summed E-state index contributed by atoms with van der Waals surface area (Å²) >= 11 is 7.21. The zero-order valence-electron chi connectivity index (χ0n) is 17.7. The van der Waals surface area contributed by atoms with Crippen molar-refractivity contribution in [2.24, 2.45) is 0 Å². The molecule has 2 aliphatic rings. The monoisotopic (exact) mass is 477 g/mol. The molecule has 0 radical (unpaired) electrons. The minimum atomic E-state index is -1.23. The Morgan fingerprint density at radius 1 is 1.03 bits per heavy atom. The average molecular weight is 478 g/mol. The van der Waals surface area contributed by atoms with E-state index in [9.17, 15) is 14.4 Å². The van der Waals surface area contributed by atoms with Gasteiger partial charge in [-0.05, 0) is 49.4 Å². The van der Waals surface area contributed by atoms with E-state index in [2.05, 4.69) is 5.32 Å². The number of carbonyl (C=O) groups is 3. The number of hydrogen-bond acceptors (Lipinski definition) is 4. The summed E-state index contributed by atoms with van der Waals surface area (Å²) in [4.78, 5) is 41.6. The number of hydrogen-bond donors (Lipinski definition) is 1. The molecule has 5 rings (SSSR count). The first-order valence-corrected chi connectivity index (χ1v) is 11.8. The normalized spacial score (nSPS) is 19.3. The minimum Gasteiger partial charge on any atom is -0.325 e. The maximum atomic E-state index is 13.9. The van der Waals surface area contributed by atoms with Gasteiger partial charge in [-0.2, -0.15) is 0 Å². The fourth-order valence-electron chi connectivity index (χ4n) is 4.28. The van der Waals surface area contributed by atoms with Crippen LogP contribution in [-0.4, -0.2) is 30.0 Å². The number of benzene rings is 3. The molecule has 1 fully saturated rings. The number of fused-ring (bicyclic) bond motifs is 2. The van der Waals surface area contributed by atoms with E-state index in [4.69, 9.17) is 11.6 Å². The Morgan fingerprint density at radius 2 is 1.73 bits per heavy atom. The molecule has 0 aliphatic carbocycles. The molecule has 1 N–H and O–H groups in total. The lowest BCUT2D eigenvalue weighted by Crippen LogP contribution is -2.50. The molecule has 3 amide bonds. The first-order chi connectivity index (χ1) is 15.9. The van der Waals surface area contributed by atoms with Crippen LogP contribution in [-0.2, 0) is 19.3 Å². The molecule has 2 aliphatic heterocycles. The molecule has 3 aromatic rings. The highest BCUT2D eigenvalue weighted by atomic mass is 35.5. The number of nitrogens with zero attached hydrogens (tertiary/aromatic N) is 2. The fraction of sp³-hybridized carbons (Fsp3) is 0.160. The van der Waals surface area contributed by atoms with Gasteiger partial charge in [0.2, 0.25) is 16.7 Å². The van der Waals surface area contributed by atoms with Gasteiger partial charge in [0.05, 0.1) is 11.4 Å². The van der Waals surface area contributed by atoms with Crippen LogP contribution in [0.2, 0.25) is 5.02 Å². The van der Waals surface area contributed by atoms with E-state index in [-0.39, 0.29) is 30.0 Å². The van der Waals surface area contributed by atoms with Gasteiger partial charge in [-0.15, -0.1) is 11.8 Å². The Bertz CT molecular complexity index is 1260. The smallest absolute Gasteiger partial charge is 0.269 e. The first kappa shape index (κ1) is 21.6. The van der Waals surface area contributed by atoms with Crippen LogP contribution in [0.15, 0.2) is 72.8 Å². The van der Waals surface area contributed by atoms with Crippen molar-refractivity contribution in [3.05, 3.63) is 88.9 Å². The third-order valence-electron chi connectivity index (χ3n) is 5.79. The Morgan fingerprint density at radius 3 is 2.45 bits per heavy atom. The molecule has 33 heavy (non-hydrogen) atoms. The number of rotatable bonds is 4. The second kappa shape index (κ2) is 8.24. The van der Waals surface area contributed by atoms with Crippen LogP contribution >= 0.6 is 23.4 Å². The van der Waals surface area contributed by atoms with E-state index < -0.39 is 4.87 Å². The van der Waals surface area contributed by atoms with E-state index in [1.807, 2.05) is 55.5 Å². The Labute approximate surface area is 200 Å². The molecule has 0 saturated carbocycles. The maximum absolute atomic E-state index is 13.9. The van der Waals surface area contributed by atoms with Gasteiger partial charge in [0, 0.05) is 22.0 Å². The second-order valence-corrected chi connectivity index (χ2v) is 9.57. The van der Waals surface area contributed by atoms with Crippen LogP contribution < -0.4 is 15.1 Å². The van der Waals surface area contributed by atoms with Crippen LogP contribution in [0.5, 0.6) is 0 Å². The van der Waals surface area contributed by atoms with E-state index in [1.165, 1.54) is 16.7 Å². The van der Waals surface area contributed by atoms with Gasteiger partial charge in [0.15, 0.2) is 0 Å². The number of carbonyl (C=O) groups excluding carboxylic acids is 3. The molecule has 3 aromatic carbocycles. The summed E-state index contributed by atoms with van der Waals surface area (Å²) in [5.41, 5.74) is 3.65. The molecule has 1 spiro atoms. The first-order valence-electron chi connectivity index (χ1n) is 10.4. The van der Waals surface area contributed by atoms with Crippen molar-refractivity contribution in [1.29, 1.82) is 0 Å². The fourth-order valence-corrected chi connectivity index (χ4v) is 5.77. The molecule has 2 heterocycles. The molecule has 1 saturated heterocycles. The van der Waals surface area contributed by atoms with Crippen LogP contribution in [0, 0.1) is 6.92 Å². The zero-order valence-corrected chi connectivity index (χ0v) is 19.3. The van der Waals surface area contributed by atoms with E-state index in [1.54, 1.807) is 29.2 Å². The lowest BCUT2D eigenvalue weighted by molar-refractivity contribution is -0.124. The van der Waals surface area contributed by atoms with Gasteiger partial charge in [-0.3, -0.25) is 24.2 Å². The standard InChI is InChI=1S/C25H20ClN3O3S/c1-16-6-12-19(13-7-16)29-23(31)15-33-25(29)20-4-2-3-5-21(20)28(24(25)32)14-22(30)27-18-10-8-17(26)9-11-18/h2-13H,14-15H2,1H3,(H,27,30). The summed E-state index contributed by atoms with van der Waals surface area (Å²) in [6.45, 7) is 1.80. The Kier molecular flexibility index (Phi) is 5.38. The van der Waals surface area contributed by atoms with Gasteiger partial charge >= 0.3 is 0 Å². The van der Waals surface area contributed by atoms with Gasteiger partial charge < -0.3 is 5.32 Å². The van der Waals surface area contributed by atoms with Crippen molar-refractivity contribution < 1.29 is 14.4 Å². The highest BCUT2D eigenvalue weighted by molar-refractivity contribution is 8.02. The molecule has 1 unspecified atom stereocenters. The summed E-state index contributed by atoms with van der Waals surface area (Å²) in [6.07, 6.45) is 0. The predicted molar refractivity (Wildman–Crippen MR) is 132 cm³/mol. The average Bonchev–Trinajstić information content (AvgIpc) is 3.27. The maximum Gasteiger partial charge on any atom is 0.269 e. The highest BCUT2D eigenvalue weighted by Gasteiger charge is 2.61. The van der Waals surface area contributed by atoms with Crippen LogP contribution in [0.1, 0.15) is 11.1 Å². The number of aryl methyl sites for hydroxylation is 1. The number of nitrogens with one attached hydrogen (secondary N) is 1. The summed E-state index contributed by atoms with van der Waals surface area (Å²) in [6, 6.07) is 21.7. The summed E-state index contributed by atoms with van der Waals surface area (Å²) in [5.74, 6) is -0.599. The number of amides is 3. The lowest BCUT2D eigenvalue weighted by atomic mass is 10.0. The van der Waals surface area contributed by atoms with Gasteiger partial charge in [0.25, 0.3) is 5.91 Å². The summed E-state index contributed by atoms with van der Waals surface area (Å²) in [7, 11) is 0. The van der Waals surface area contributed by atoms with Crippen molar-refractivity contribution in [3.8, 4) is 0 Å². The van der Waals surface area contributed by atoms with E-state index >= 15 is 0 Å². The van der Waals surface area contributed by atoms with E-state index in [0.29, 0.717) is 27.6 Å². The predicted octanol–water partition coefficient (Wildman–Crippen LogP) is 4.57. The topological polar surface area (TPSA) is 69.7 Å². The minimum absolute atomic E-state index is 0.139. The number of anilines is 3. The summed E-state index contributed by atoms with van der Waals surface area (Å²) in [5, 5.41) is 3.37. The second-order valence-electron chi connectivity index (χ2n) is 7.96. The van der Waals surface area contributed by atoms with Crippen molar-refractivity contribution in [3.63, 3.8) is 0 Å². The molecular formula is C25H20ClN3O3S. The van der Waals surface area contributed by atoms with Crippen molar-refractivity contribution in [2.45, 2.75) is 11.8 Å². The number of thioether (sulfide) groups is 1. The van der Waals surface area contributed by atoms with Gasteiger partial charge in [-0.1, -0.05) is 47.5 Å². The molecule has 6 nitrogen and oxygen atoms in total. The molecule has 0 aromatic heterocycles. The zero-order chi connectivity index (χ0) is 23.2. The number of halogens is 1. The number of para-hydroxylation sites is 1. The molecule has 166 valence electrons. The van der Waals surface area contributed by atoms with Crippen LogP contribution in [0.4, 0.5) is 17.1 Å². The Balaban J connectivity index is 1.50. The van der Waals surface area contributed by atoms with Gasteiger partial charge in [-0.25, -0.2) is 0 Å². The van der Waals surface area contributed by atoms with Crippen LogP contribution in [0.25, 0.3) is 0 Å². The molecule has 0 bridgehead atoms. The highest BCUT2D eigenvalue weighted by Crippen LogP contribution is 2.55. The largest absolute Gasteiger partial charge is 0.325 e.